The zero-order valence-electron chi connectivity index (χ0n) is 18.3. The zero-order valence-corrected chi connectivity index (χ0v) is 19.1. The van der Waals surface area contributed by atoms with Gasteiger partial charge in [0.2, 0.25) is 11.8 Å². The van der Waals surface area contributed by atoms with Crippen LogP contribution in [0.25, 0.3) is 16.8 Å². The van der Waals surface area contributed by atoms with Crippen molar-refractivity contribution in [2.24, 2.45) is 11.1 Å². The lowest BCUT2D eigenvalue weighted by molar-refractivity contribution is -0.152. The fraction of sp³-hybridized carbons (Fsp3) is 0.435. The number of likely N-dealkylation sites (tertiary alicyclic amines) is 1. The molecule has 0 unspecified atom stereocenters. The number of nitrogens with zero attached hydrogens (tertiary/aromatic N) is 2. The van der Waals surface area contributed by atoms with Crippen LogP contribution in [-0.4, -0.2) is 53.6 Å². The Morgan fingerprint density at radius 3 is 2.65 bits per heavy atom. The molecule has 1 aliphatic heterocycles. The quantitative estimate of drug-likeness (QED) is 0.707. The van der Waals surface area contributed by atoms with E-state index in [9.17, 15) is 9.59 Å². The molecule has 0 radical (unpaired) electrons. The Hall–Kier alpha value is -2.64. The van der Waals surface area contributed by atoms with Crippen LogP contribution >= 0.6 is 12.4 Å². The topological polar surface area (TPSA) is 94.8 Å². The number of rotatable bonds is 5. The Morgan fingerprint density at radius 1 is 1.32 bits per heavy atom. The van der Waals surface area contributed by atoms with Gasteiger partial charge in [-0.05, 0) is 28.5 Å². The predicted octanol–water partition coefficient (Wildman–Crippen LogP) is 3.19. The third-order valence-electron chi connectivity index (χ3n) is 5.49. The maximum absolute atomic E-state index is 13.0. The van der Waals surface area contributed by atoms with Crippen LogP contribution in [0.3, 0.4) is 0 Å². The third-order valence-corrected chi connectivity index (χ3v) is 5.49. The molecule has 0 saturated carbocycles. The Labute approximate surface area is 189 Å². The van der Waals surface area contributed by atoms with Crippen LogP contribution < -0.4 is 10.5 Å². The summed E-state index contributed by atoms with van der Waals surface area (Å²) in [5.74, 6) is -0.307. The Bertz CT molecular complexity index is 973. The molecular weight excluding hydrogens is 418 g/mol. The van der Waals surface area contributed by atoms with Crippen molar-refractivity contribution in [1.82, 2.24) is 9.88 Å². The normalized spacial score (nSPS) is 19.5. The minimum Gasteiger partial charge on any atom is -0.472 e. The highest BCUT2D eigenvalue weighted by Crippen LogP contribution is 2.30. The highest BCUT2D eigenvalue weighted by Gasteiger charge is 2.44. The number of nitrogens with two attached hydrogens (primary N) is 1. The third kappa shape index (κ3) is 5.17. The molecular formula is C23H30ClN3O4. The molecule has 8 heteroatoms. The summed E-state index contributed by atoms with van der Waals surface area (Å²) in [6.45, 7) is 9.72. The minimum absolute atomic E-state index is 0. The second kappa shape index (κ2) is 9.66. The molecule has 1 saturated heterocycles. The summed E-state index contributed by atoms with van der Waals surface area (Å²) >= 11 is 0. The standard InChI is InChI=1S/C23H29N3O4.ClH/c1-6-14-7-8-15-9-10-25-20(17(15)11-14)30-16-12-18(22(28)29-5)26(13-16)21(27)19(24)23(2,3)4;/h6-11,16,18-19H,1,12-13,24H2,2-5H3;1H/t16-,18+,19-;/m1./s1. The number of benzene rings is 1. The molecule has 1 aliphatic rings. The number of carbonyl (C=O) groups is 2. The lowest BCUT2D eigenvalue weighted by Gasteiger charge is -2.32. The van der Waals surface area contributed by atoms with Crippen LogP contribution in [0.15, 0.2) is 37.0 Å². The number of pyridine rings is 1. The molecule has 2 aromatic rings. The number of methoxy groups -OCH3 is 1. The van der Waals surface area contributed by atoms with Crippen molar-refractivity contribution >= 4 is 41.1 Å². The fourth-order valence-corrected chi connectivity index (χ4v) is 3.57. The van der Waals surface area contributed by atoms with E-state index in [4.69, 9.17) is 15.2 Å². The number of fused-ring (bicyclic) bond motifs is 1. The summed E-state index contributed by atoms with van der Waals surface area (Å²) in [7, 11) is 1.31. The maximum Gasteiger partial charge on any atom is 0.328 e. The SMILES string of the molecule is C=Cc1ccc2ccnc(O[C@@H]3C[C@@H](C(=O)OC)N(C(=O)[C@@H](N)C(C)(C)C)C3)c2c1.Cl. The number of hydrogen-bond donors (Lipinski definition) is 1. The van der Waals surface area contributed by atoms with Crippen molar-refractivity contribution in [3.8, 4) is 5.88 Å². The Kier molecular flexibility index (Phi) is 7.68. The van der Waals surface area contributed by atoms with E-state index in [1.165, 1.54) is 12.0 Å². The van der Waals surface area contributed by atoms with Crippen molar-refractivity contribution < 1.29 is 19.1 Å². The van der Waals surface area contributed by atoms with E-state index in [1.54, 1.807) is 12.3 Å². The number of halogens is 1. The summed E-state index contributed by atoms with van der Waals surface area (Å²) in [6.07, 6.45) is 3.34. The summed E-state index contributed by atoms with van der Waals surface area (Å²) in [5, 5.41) is 1.83. The minimum atomic E-state index is -0.741. The van der Waals surface area contributed by atoms with Crippen LogP contribution in [0, 0.1) is 5.41 Å². The van der Waals surface area contributed by atoms with Gasteiger partial charge in [0.25, 0.3) is 0 Å². The second-order valence-electron chi connectivity index (χ2n) is 8.65. The van der Waals surface area contributed by atoms with Crippen molar-refractivity contribution in [3.05, 3.63) is 42.6 Å². The average Bonchev–Trinajstić information content (AvgIpc) is 3.15. The molecule has 31 heavy (non-hydrogen) atoms. The number of aromatic nitrogens is 1. The number of ether oxygens (including phenoxy) is 2. The molecule has 7 nitrogen and oxygen atoms in total. The van der Waals surface area contributed by atoms with E-state index in [2.05, 4.69) is 11.6 Å². The smallest absolute Gasteiger partial charge is 0.328 e. The highest BCUT2D eigenvalue weighted by molar-refractivity contribution is 5.90. The maximum atomic E-state index is 13.0. The van der Waals surface area contributed by atoms with Crippen molar-refractivity contribution in [1.29, 1.82) is 0 Å². The van der Waals surface area contributed by atoms with Crippen LogP contribution in [0.2, 0.25) is 0 Å². The average molecular weight is 448 g/mol. The first-order valence-corrected chi connectivity index (χ1v) is 9.97. The van der Waals surface area contributed by atoms with E-state index >= 15 is 0 Å². The second-order valence-corrected chi connectivity index (χ2v) is 8.65. The van der Waals surface area contributed by atoms with Crippen LogP contribution in [-0.2, 0) is 14.3 Å². The molecule has 3 rings (SSSR count). The van der Waals surface area contributed by atoms with Crippen LogP contribution in [0.4, 0.5) is 0 Å². The van der Waals surface area contributed by atoms with Crippen LogP contribution in [0.1, 0.15) is 32.8 Å². The van der Waals surface area contributed by atoms with Crippen molar-refractivity contribution in [3.63, 3.8) is 0 Å². The number of amides is 1. The molecule has 0 aliphatic carbocycles. The molecule has 1 aromatic heterocycles. The molecule has 168 valence electrons. The predicted molar refractivity (Wildman–Crippen MR) is 123 cm³/mol. The lowest BCUT2D eigenvalue weighted by atomic mass is 9.86. The van der Waals surface area contributed by atoms with Gasteiger partial charge >= 0.3 is 5.97 Å². The first-order valence-electron chi connectivity index (χ1n) is 9.97. The van der Waals surface area contributed by atoms with E-state index in [1.807, 2.05) is 45.0 Å². The van der Waals surface area contributed by atoms with E-state index in [0.29, 0.717) is 12.3 Å². The molecule has 1 fully saturated rings. The summed E-state index contributed by atoms with van der Waals surface area (Å²) < 4.78 is 11.1. The van der Waals surface area contributed by atoms with Gasteiger partial charge in [-0.15, -0.1) is 12.4 Å². The molecule has 3 atom stereocenters. The molecule has 0 bridgehead atoms. The largest absolute Gasteiger partial charge is 0.472 e. The summed E-state index contributed by atoms with van der Waals surface area (Å²) in [5.41, 5.74) is 6.69. The first kappa shape index (κ1) is 24.6. The number of carbonyl (C=O) groups excluding carboxylic acids is 2. The number of hydrogen-bond acceptors (Lipinski definition) is 6. The van der Waals surface area contributed by atoms with Gasteiger partial charge in [0.05, 0.1) is 19.7 Å². The molecule has 0 spiro atoms. The Balaban J connectivity index is 0.00000341. The fourth-order valence-electron chi connectivity index (χ4n) is 3.57. The molecule has 2 heterocycles. The highest BCUT2D eigenvalue weighted by atomic mass is 35.5. The molecule has 1 amide bonds. The number of esters is 1. The van der Waals surface area contributed by atoms with E-state index in [0.717, 1.165) is 16.3 Å². The van der Waals surface area contributed by atoms with Crippen molar-refractivity contribution in [2.45, 2.75) is 45.4 Å². The molecule has 1 aromatic carbocycles. The molecule has 2 N–H and O–H groups in total. The van der Waals surface area contributed by atoms with Gasteiger partial charge < -0.3 is 20.1 Å². The van der Waals surface area contributed by atoms with Gasteiger partial charge in [0.15, 0.2) is 0 Å². The van der Waals surface area contributed by atoms with Gasteiger partial charge in [-0.25, -0.2) is 9.78 Å². The lowest BCUT2D eigenvalue weighted by Crippen LogP contribution is -2.53. The van der Waals surface area contributed by atoms with Gasteiger partial charge in [-0.3, -0.25) is 4.79 Å². The summed E-state index contributed by atoms with van der Waals surface area (Å²) in [4.78, 5) is 31.2. The zero-order chi connectivity index (χ0) is 22.1. The van der Waals surface area contributed by atoms with Crippen molar-refractivity contribution in [2.75, 3.05) is 13.7 Å². The van der Waals surface area contributed by atoms with Gasteiger partial charge in [-0.1, -0.05) is 45.6 Å². The van der Waals surface area contributed by atoms with Gasteiger partial charge in [0, 0.05) is 18.0 Å². The van der Waals surface area contributed by atoms with E-state index in [-0.39, 0.29) is 24.9 Å². The monoisotopic (exact) mass is 447 g/mol. The first-order chi connectivity index (χ1) is 14.2. The van der Waals surface area contributed by atoms with Gasteiger partial charge in [-0.2, -0.15) is 0 Å². The van der Waals surface area contributed by atoms with Crippen LogP contribution in [0.5, 0.6) is 5.88 Å². The Morgan fingerprint density at radius 2 is 2.03 bits per heavy atom. The summed E-state index contributed by atoms with van der Waals surface area (Å²) in [6, 6.07) is 6.32. The van der Waals surface area contributed by atoms with E-state index < -0.39 is 29.6 Å². The van der Waals surface area contributed by atoms with Gasteiger partial charge in [0.1, 0.15) is 12.1 Å².